The number of hydrogen-bond acceptors (Lipinski definition) is 2. The van der Waals surface area contributed by atoms with E-state index in [1.165, 1.54) is 5.56 Å². The lowest BCUT2D eigenvalue weighted by Crippen LogP contribution is -2.34. The van der Waals surface area contributed by atoms with Crippen LogP contribution in [-0.2, 0) is 6.42 Å². The fraction of sp³-hybridized carbons (Fsp3) is 0.600. The summed E-state index contributed by atoms with van der Waals surface area (Å²) in [5, 5.41) is 20.1. The molecule has 2 nitrogen and oxygen atoms in total. The molecule has 1 rings (SSSR count). The first-order valence-corrected chi connectivity index (χ1v) is 6.50. The van der Waals surface area contributed by atoms with Gasteiger partial charge >= 0.3 is 0 Å². The summed E-state index contributed by atoms with van der Waals surface area (Å²) in [6, 6.07) is 8.09. The van der Waals surface area contributed by atoms with Gasteiger partial charge in [-0.25, -0.2) is 0 Å². The molecule has 0 aliphatic heterocycles. The van der Waals surface area contributed by atoms with Crippen LogP contribution in [0.5, 0.6) is 0 Å². The minimum absolute atomic E-state index is 0.190. The van der Waals surface area contributed by atoms with E-state index in [1.807, 2.05) is 31.2 Å². The number of aryl methyl sites for hydroxylation is 1. The van der Waals surface area contributed by atoms with Gasteiger partial charge in [-0.15, -0.1) is 0 Å². The summed E-state index contributed by atoms with van der Waals surface area (Å²) in [7, 11) is 0. The molecule has 2 heteroatoms. The van der Waals surface area contributed by atoms with Gasteiger partial charge in [-0.2, -0.15) is 0 Å². The molecule has 2 atom stereocenters. The molecular weight excluding hydrogens is 212 g/mol. The highest BCUT2D eigenvalue weighted by Gasteiger charge is 2.23. The number of aliphatic hydroxyl groups excluding tert-OH is 2. The number of aliphatic hydroxyl groups is 2. The number of hydrogen-bond donors (Lipinski definition) is 2. The maximum Gasteiger partial charge on any atom is 0.0842 e. The van der Waals surface area contributed by atoms with Crippen LogP contribution in [0.3, 0.4) is 0 Å². The number of rotatable bonds is 6. The fourth-order valence-corrected chi connectivity index (χ4v) is 2.17. The minimum Gasteiger partial charge on any atom is -0.390 e. The van der Waals surface area contributed by atoms with Gasteiger partial charge in [0, 0.05) is 6.42 Å². The van der Waals surface area contributed by atoms with Gasteiger partial charge in [0.05, 0.1) is 12.2 Å². The first-order chi connectivity index (χ1) is 8.08. The van der Waals surface area contributed by atoms with Crippen LogP contribution < -0.4 is 0 Å². The molecule has 2 unspecified atom stereocenters. The van der Waals surface area contributed by atoms with E-state index < -0.39 is 12.2 Å². The average Bonchev–Trinajstić information content (AvgIpc) is 2.33. The topological polar surface area (TPSA) is 40.5 Å². The van der Waals surface area contributed by atoms with Gasteiger partial charge in [-0.3, -0.25) is 0 Å². The molecule has 2 N–H and O–H groups in total. The lowest BCUT2D eigenvalue weighted by molar-refractivity contribution is -0.0187. The van der Waals surface area contributed by atoms with Gasteiger partial charge in [0.1, 0.15) is 0 Å². The minimum atomic E-state index is -0.664. The average molecular weight is 236 g/mol. The van der Waals surface area contributed by atoms with Gasteiger partial charge in [0.2, 0.25) is 0 Å². The van der Waals surface area contributed by atoms with Crippen LogP contribution in [0.25, 0.3) is 0 Å². The number of benzene rings is 1. The second-order valence-electron chi connectivity index (χ2n) is 4.82. The van der Waals surface area contributed by atoms with Crippen LogP contribution in [0, 0.1) is 12.8 Å². The third-order valence-electron chi connectivity index (χ3n) is 3.49. The third kappa shape index (κ3) is 4.14. The predicted octanol–water partition coefficient (Wildman–Crippen LogP) is 2.70. The maximum absolute atomic E-state index is 10.0. The van der Waals surface area contributed by atoms with Crippen LogP contribution in [0.2, 0.25) is 0 Å². The Morgan fingerprint density at radius 2 is 1.53 bits per heavy atom. The molecule has 0 amide bonds. The van der Waals surface area contributed by atoms with Crippen LogP contribution in [0.1, 0.15) is 37.8 Å². The van der Waals surface area contributed by atoms with Gasteiger partial charge in [-0.1, -0.05) is 56.5 Å². The van der Waals surface area contributed by atoms with E-state index in [0.29, 0.717) is 6.42 Å². The lowest BCUT2D eigenvalue weighted by atomic mass is 9.90. The molecule has 96 valence electrons. The lowest BCUT2D eigenvalue weighted by Gasteiger charge is -2.25. The molecule has 0 radical (unpaired) electrons. The molecule has 0 heterocycles. The van der Waals surface area contributed by atoms with E-state index in [0.717, 1.165) is 18.4 Å². The summed E-state index contributed by atoms with van der Waals surface area (Å²) in [5.41, 5.74) is 2.29. The Hall–Kier alpha value is -0.860. The molecule has 1 aromatic rings. The van der Waals surface area contributed by atoms with Crippen molar-refractivity contribution in [1.82, 2.24) is 0 Å². The van der Waals surface area contributed by atoms with Crippen LogP contribution in [0.4, 0.5) is 0 Å². The first-order valence-electron chi connectivity index (χ1n) is 6.50. The Morgan fingerprint density at radius 3 is 2.00 bits per heavy atom. The van der Waals surface area contributed by atoms with Crippen molar-refractivity contribution in [2.75, 3.05) is 0 Å². The van der Waals surface area contributed by atoms with Crippen molar-refractivity contribution in [2.45, 2.75) is 52.2 Å². The summed E-state index contributed by atoms with van der Waals surface area (Å²) in [6.45, 7) is 6.14. The molecule has 0 fully saturated rings. The first kappa shape index (κ1) is 14.2. The SMILES string of the molecule is CCC(CC)C(O)C(O)Cc1ccc(C)cc1. The predicted molar refractivity (Wildman–Crippen MR) is 71.0 cm³/mol. The van der Waals surface area contributed by atoms with Crippen LogP contribution in [-0.4, -0.2) is 22.4 Å². The second-order valence-corrected chi connectivity index (χ2v) is 4.82. The van der Waals surface area contributed by atoms with Crippen molar-refractivity contribution in [2.24, 2.45) is 5.92 Å². The zero-order chi connectivity index (χ0) is 12.8. The largest absolute Gasteiger partial charge is 0.390 e. The van der Waals surface area contributed by atoms with E-state index in [4.69, 9.17) is 0 Å². The van der Waals surface area contributed by atoms with Crippen LogP contribution in [0.15, 0.2) is 24.3 Å². The highest BCUT2D eigenvalue weighted by atomic mass is 16.3. The molecule has 0 saturated heterocycles. The van der Waals surface area contributed by atoms with Crippen molar-refractivity contribution in [1.29, 1.82) is 0 Å². The molecule has 0 aliphatic rings. The summed E-state index contributed by atoms with van der Waals surface area (Å²) in [5.74, 6) is 0.190. The highest BCUT2D eigenvalue weighted by Crippen LogP contribution is 2.18. The van der Waals surface area contributed by atoms with Crippen LogP contribution >= 0.6 is 0 Å². The van der Waals surface area contributed by atoms with E-state index in [2.05, 4.69) is 13.8 Å². The summed E-state index contributed by atoms with van der Waals surface area (Å²) in [6.07, 6.45) is 1.05. The Balaban J connectivity index is 2.58. The van der Waals surface area contributed by atoms with Crippen molar-refractivity contribution in [3.05, 3.63) is 35.4 Å². The smallest absolute Gasteiger partial charge is 0.0842 e. The van der Waals surface area contributed by atoms with Crippen molar-refractivity contribution < 1.29 is 10.2 Å². The molecule has 0 saturated carbocycles. The quantitative estimate of drug-likeness (QED) is 0.797. The van der Waals surface area contributed by atoms with Gasteiger partial charge in [-0.05, 0) is 18.4 Å². The van der Waals surface area contributed by atoms with E-state index in [-0.39, 0.29) is 5.92 Å². The summed E-state index contributed by atoms with van der Waals surface area (Å²) < 4.78 is 0. The Kier molecular flexibility index (Phi) is 5.66. The molecule has 1 aromatic carbocycles. The highest BCUT2D eigenvalue weighted by molar-refractivity contribution is 5.22. The summed E-state index contributed by atoms with van der Waals surface area (Å²) in [4.78, 5) is 0. The molecular formula is C15H24O2. The maximum atomic E-state index is 10.0. The molecule has 0 aliphatic carbocycles. The molecule has 0 aromatic heterocycles. The monoisotopic (exact) mass is 236 g/mol. The second kappa shape index (κ2) is 6.77. The fourth-order valence-electron chi connectivity index (χ4n) is 2.17. The van der Waals surface area contributed by atoms with Gasteiger partial charge in [0.15, 0.2) is 0 Å². The van der Waals surface area contributed by atoms with Gasteiger partial charge in [0.25, 0.3) is 0 Å². The van der Waals surface area contributed by atoms with E-state index >= 15 is 0 Å². The molecule has 17 heavy (non-hydrogen) atoms. The molecule has 0 spiro atoms. The normalized spacial score (nSPS) is 14.9. The molecule has 0 bridgehead atoms. The Bertz CT molecular complexity index is 314. The Labute approximate surface area is 104 Å². The Morgan fingerprint density at radius 1 is 1.00 bits per heavy atom. The third-order valence-corrected chi connectivity index (χ3v) is 3.49. The standard InChI is InChI=1S/C15H24O2/c1-4-13(5-2)15(17)14(16)10-12-8-6-11(3)7-9-12/h6-9,13-17H,4-5,10H2,1-3H3. The van der Waals surface area contributed by atoms with Crippen molar-refractivity contribution in [3.8, 4) is 0 Å². The van der Waals surface area contributed by atoms with Crippen molar-refractivity contribution >= 4 is 0 Å². The van der Waals surface area contributed by atoms with Crippen molar-refractivity contribution in [3.63, 3.8) is 0 Å². The van der Waals surface area contributed by atoms with E-state index in [1.54, 1.807) is 0 Å². The van der Waals surface area contributed by atoms with E-state index in [9.17, 15) is 10.2 Å². The zero-order valence-corrected chi connectivity index (χ0v) is 11.1. The summed E-state index contributed by atoms with van der Waals surface area (Å²) >= 11 is 0. The zero-order valence-electron chi connectivity index (χ0n) is 11.1. The van der Waals surface area contributed by atoms with Gasteiger partial charge < -0.3 is 10.2 Å².